The first kappa shape index (κ1) is 23.7. The highest BCUT2D eigenvalue weighted by Crippen LogP contribution is 2.38. The van der Waals surface area contributed by atoms with Gasteiger partial charge in [-0.3, -0.25) is 0 Å². The van der Waals surface area contributed by atoms with E-state index in [2.05, 4.69) is 15.8 Å². The van der Waals surface area contributed by atoms with Crippen LogP contribution in [-0.4, -0.2) is 27.2 Å². The van der Waals surface area contributed by atoms with E-state index in [0.29, 0.717) is 17.1 Å². The number of nitriles is 1. The van der Waals surface area contributed by atoms with Gasteiger partial charge in [-0.2, -0.15) is 9.64 Å². The maximum Gasteiger partial charge on any atom is 0.408 e. The lowest BCUT2D eigenvalue weighted by molar-refractivity contribution is 0.0503. The Balaban J connectivity index is 1.58. The third kappa shape index (κ3) is 5.20. The van der Waals surface area contributed by atoms with E-state index in [4.69, 9.17) is 14.5 Å². The third-order valence-electron chi connectivity index (χ3n) is 5.34. The number of carbonyl (C=O) groups excluding carboxylic acids is 1. The molecule has 1 aliphatic rings. The quantitative estimate of drug-likeness (QED) is 0.482. The van der Waals surface area contributed by atoms with Crippen LogP contribution >= 0.6 is 11.5 Å². The summed E-state index contributed by atoms with van der Waals surface area (Å²) in [6.45, 7) is 9.41. The summed E-state index contributed by atoms with van der Waals surface area (Å²) in [6, 6.07) is 13.6. The largest absolute Gasteiger partial charge is 0.490 e. The van der Waals surface area contributed by atoms with Crippen LogP contribution in [0.4, 0.5) is 4.79 Å². The predicted molar refractivity (Wildman–Crippen MR) is 132 cm³/mol. The molecule has 0 radical (unpaired) electrons. The Labute approximate surface area is 203 Å². The summed E-state index contributed by atoms with van der Waals surface area (Å²) in [5.74, 6) is 1.21. The van der Waals surface area contributed by atoms with Gasteiger partial charge in [-0.25, -0.2) is 9.78 Å². The van der Waals surface area contributed by atoms with Crippen molar-refractivity contribution in [1.82, 2.24) is 14.7 Å². The number of rotatable bonds is 5. The molecule has 1 aromatic heterocycles. The molecule has 0 unspecified atom stereocenters. The van der Waals surface area contributed by atoms with Gasteiger partial charge in [0.25, 0.3) is 0 Å². The van der Waals surface area contributed by atoms with Gasteiger partial charge in [0.1, 0.15) is 22.4 Å². The molecule has 0 saturated carbocycles. The maximum atomic E-state index is 12.3. The minimum atomic E-state index is -0.543. The Bertz CT molecular complexity index is 1250. The van der Waals surface area contributed by atoms with Crippen molar-refractivity contribution in [2.45, 2.75) is 65.2 Å². The first-order valence-corrected chi connectivity index (χ1v) is 12.1. The standard InChI is InChI=1S/C26H28N4O3S/c1-15(2)32-22-12-9-16(13-17(22)14-27)24-29-23(30-34-24)20-8-6-7-19-18(20)10-11-21(19)28-25(31)33-26(3,4)5/h6-9,12-13,15,21H,10-11H2,1-5H3,(H,28,31)/t21-/m1/s1. The topological polar surface area (TPSA) is 97.1 Å². The number of carbonyl (C=O) groups is 1. The predicted octanol–water partition coefficient (Wildman–Crippen LogP) is 6.04. The zero-order chi connectivity index (χ0) is 24.5. The van der Waals surface area contributed by atoms with Crippen LogP contribution in [0.2, 0.25) is 0 Å². The summed E-state index contributed by atoms with van der Waals surface area (Å²) >= 11 is 1.30. The molecule has 0 spiro atoms. The molecule has 1 heterocycles. The van der Waals surface area contributed by atoms with Crippen LogP contribution in [0, 0.1) is 11.3 Å². The molecule has 4 rings (SSSR count). The molecular formula is C26H28N4O3S. The van der Waals surface area contributed by atoms with Gasteiger partial charge in [-0.15, -0.1) is 0 Å². The first-order valence-electron chi connectivity index (χ1n) is 11.3. The summed E-state index contributed by atoms with van der Waals surface area (Å²) in [6.07, 6.45) is 1.19. The van der Waals surface area contributed by atoms with Crippen molar-refractivity contribution in [3.63, 3.8) is 0 Å². The van der Waals surface area contributed by atoms with Crippen LogP contribution in [0.15, 0.2) is 36.4 Å². The fourth-order valence-electron chi connectivity index (χ4n) is 4.02. The Hall–Kier alpha value is -3.44. The van der Waals surface area contributed by atoms with Crippen molar-refractivity contribution in [1.29, 1.82) is 5.26 Å². The number of hydrogen-bond donors (Lipinski definition) is 1. The zero-order valence-corrected chi connectivity index (χ0v) is 20.8. The van der Waals surface area contributed by atoms with E-state index < -0.39 is 11.7 Å². The monoisotopic (exact) mass is 476 g/mol. The SMILES string of the molecule is CC(C)Oc1ccc(-c2nc(-c3cccc4c3CC[C@H]4NC(=O)OC(C)(C)C)ns2)cc1C#N. The molecule has 3 aromatic rings. The van der Waals surface area contributed by atoms with Gasteiger partial charge < -0.3 is 14.8 Å². The molecule has 1 N–H and O–H groups in total. The molecule has 8 heteroatoms. The molecule has 1 aliphatic carbocycles. The number of alkyl carbamates (subject to hydrolysis) is 1. The van der Waals surface area contributed by atoms with E-state index in [-0.39, 0.29) is 12.1 Å². The number of fused-ring (bicyclic) bond motifs is 1. The molecule has 34 heavy (non-hydrogen) atoms. The lowest BCUT2D eigenvalue weighted by atomic mass is 10.0. The molecule has 1 atom stereocenters. The molecule has 2 aromatic carbocycles. The van der Waals surface area contributed by atoms with Gasteiger partial charge in [-0.05, 0) is 88.3 Å². The number of ether oxygens (including phenoxy) is 2. The van der Waals surface area contributed by atoms with Crippen LogP contribution in [0.3, 0.4) is 0 Å². The average Bonchev–Trinajstić information content (AvgIpc) is 3.40. The molecule has 0 saturated heterocycles. The Morgan fingerprint density at radius 2 is 2.06 bits per heavy atom. The highest BCUT2D eigenvalue weighted by atomic mass is 32.1. The van der Waals surface area contributed by atoms with Gasteiger partial charge in [0, 0.05) is 11.1 Å². The van der Waals surface area contributed by atoms with E-state index in [1.807, 2.05) is 65.0 Å². The summed E-state index contributed by atoms with van der Waals surface area (Å²) in [5.41, 5.74) is 3.94. The van der Waals surface area contributed by atoms with Crippen LogP contribution in [-0.2, 0) is 11.2 Å². The normalized spacial score (nSPS) is 15.0. The summed E-state index contributed by atoms with van der Waals surface area (Å²) in [4.78, 5) is 17.1. The summed E-state index contributed by atoms with van der Waals surface area (Å²) in [7, 11) is 0. The van der Waals surface area contributed by atoms with E-state index in [1.54, 1.807) is 6.07 Å². The molecular weight excluding hydrogens is 448 g/mol. The van der Waals surface area contributed by atoms with E-state index in [0.717, 1.165) is 40.1 Å². The Morgan fingerprint density at radius 1 is 1.26 bits per heavy atom. The number of benzene rings is 2. The lowest BCUT2D eigenvalue weighted by Crippen LogP contribution is -2.34. The molecule has 0 aliphatic heterocycles. The van der Waals surface area contributed by atoms with Crippen molar-refractivity contribution in [2.24, 2.45) is 0 Å². The van der Waals surface area contributed by atoms with Crippen molar-refractivity contribution in [3.8, 4) is 33.8 Å². The lowest BCUT2D eigenvalue weighted by Gasteiger charge is -2.22. The van der Waals surface area contributed by atoms with Gasteiger partial charge in [0.05, 0.1) is 17.7 Å². The summed E-state index contributed by atoms with van der Waals surface area (Å²) < 4.78 is 15.8. The number of aromatic nitrogens is 2. The number of amides is 1. The van der Waals surface area contributed by atoms with Gasteiger partial charge in [0.2, 0.25) is 0 Å². The molecule has 0 fully saturated rings. The second kappa shape index (κ2) is 9.43. The summed E-state index contributed by atoms with van der Waals surface area (Å²) in [5, 5.41) is 13.3. The minimum absolute atomic E-state index is 0.0140. The van der Waals surface area contributed by atoms with Crippen molar-refractivity contribution in [3.05, 3.63) is 53.1 Å². The van der Waals surface area contributed by atoms with Crippen molar-refractivity contribution >= 4 is 17.6 Å². The fraction of sp³-hybridized carbons (Fsp3) is 0.385. The number of nitrogens with one attached hydrogen (secondary N) is 1. The first-order chi connectivity index (χ1) is 16.1. The second-order valence-electron chi connectivity index (χ2n) is 9.52. The van der Waals surface area contributed by atoms with Gasteiger partial charge >= 0.3 is 6.09 Å². The van der Waals surface area contributed by atoms with E-state index >= 15 is 0 Å². The van der Waals surface area contributed by atoms with Crippen LogP contribution in [0.25, 0.3) is 22.0 Å². The third-order valence-corrected chi connectivity index (χ3v) is 6.10. The average molecular weight is 477 g/mol. The van der Waals surface area contributed by atoms with Gasteiger partial charge in [0.15, 0.2) is 5.82 Å². The van der Waals surface area contributed by atoms with Crippen LogP contribution < -0.4 is 10.1 Å². The van der Waals surface area contributed by atoms with Crippen molar-refractivity contribution < 1.29 is 14.3 Å². The Morgan fingerprint density at radius 3 is 2.76 bits per heavy atom. The number of hydrogen-bond acceptors (Lipinski definition) is 7. The number of nitrogens with zero attached hydrogens (tertiary/aromatic N) is 3. The minimum Gasteiger partial charge on any atom is -0.490 e. The molecule has 0 bridgehead atoms. The zero-order valence-electron chi connectivity index (χ0n) is 20.0. The molecule has 1 amide bonds. The second-order valence-corrected chi connectivity index (χ2v) is 10.3. The van der Waals surface area contributed by atoms with Crippen molar-refractivity contribution in [2.75, 3.05) is 0 Å². The Kier molecular flexibility index (Phi) is 6.58. The fourth-order valence-corrected chi connectivity index (χ4v) is 4.69. The molecule has 7 nitrogen and oxygen atoms in total. The van der Waals surface area contributed by atoms with Gasteiger partial charge in [-0.1, -0.05) is 18.2 Å². The van der Waals surface area contributed by atoms with E-state index in [9.17, 15) is 10.1 Å². The molecule has 176 valence electrons. The smallest absolute Gasteiger partial charge is 0.408 e. The highest BCUT2D eigenvalue weighted by Gasteiger charge is 2.29. The maximum absolute atomic E-state index is 12.3. The van der Waals surface area contributed by atoms with E-state index in [1.165, 1.54) is 11.5 Å². The van der Waals surface area contributed by atoms with Crippen LogP contribution in [0.5, 0.6) is 5.75 Å². The van der Waals surface area contributed by atoms with Crippen LogP contribution in [0.1, 0.15) is 63.8 Å². The highest BCUT2D eigenvalue weighted by molar-refractivity contribution is 7.09.